The van der Waals surface area contributed by atoms with Crippen LogP contribution in [0.3, 0.4) is 0 Å². The highest BCUT2D eigenvalue weighted by Crippen LogP contribution is 2.28. The molecule has 0 saturated carbocycles. The molecule has 0 heterocycles. The van der Waals surface area contributed by atoms with Gasteiger partial charge in [-0.3, -0.25) is 0 Å². The second-order valence-corrected chi connectivity index (χ2v) is 2.44. The Bertz CT molecular complexity index is 304. The van der Waals surface area contributed by atoms with Gasteiger partial charge in [0.05, 0.1) is 0 Å². The molecule has 1 aromatic carbocycles. The first-order valence-corrected chi connectivity index (χ1v) is 3.56. The first kappa shape index (κ1) is 9.44. The van der Waals surface area contributed by atoms with Gasteiger partial charge in [-0.25, -0.2) is 0 Å². The molecule has 0 aliphatic rings. The first-order valence-electron chi connectivity index (χ1n) is 3.56. The van der Waals surface area contributed by atoms with Crippen molar-refractivity contribution in [1.82, 2.24) is 0 Å². The second-order valence-electron chi connectivity index (χ2n) is 2.44. The number of hydrogen-bond donors (Lipinski definition) is 2. The smallest absolute Gasteiger partial charge is 0.370 e. The van der Waals surface area contributed by atoms with E-state index >= 15 is 0 Å². The zero-order chi connectivity index (χ0) is 9.90. The molecule has 0 saturated heterocycles. The fourth-order valence-electron chi connectivity index (χ4n) is 0.865. The van der Waals surface area contributed by atoms with Crippen LogP contribution in [0.25, 0.3) is 0 Å². The molecule has 0 aliphatic heterocycles. The molecule has 0 unspecified atom stereocenters. The van der Waals surface area contributed by atoms with Crippen LogP contribution in [-0.4, -0.2) is 5.96 Å². The summed E-state index contributed by atoms with van der Waals surface area (Å²) in [7, 11) is 0. The molecule has 13 heavy (non-hydrogen) atoms. The molecule has 4 N–H and O–H groups in total. The summed E-state index contributed by atoms with van der Waals surface area (Å²) >= 11 is 0. The molecule has 0 radical (unpaired) electrons. The third-order valence-corrected chi connectivity index (χ3v) is 1.39. The Kier molecular flexibility index (Phi) is 2.46. The lowest BCUT2D eigenvalue weighted by molar-refractivity contribution is 0.00589. The summed E-state index contributed by atoms with van der Waals surface area (Å²) in [6, 6.07) is 3.78. The quantitative estimate of drug-likeness (QED) is 0.410. The van der Waals surface area contributed by atoms with Crippen molar-refractivity contribution in [2.45, 2.75) is 6.05 Å². The van der Waals surface area contributed by atoms with Crippen LogP contribution in [-0.2, 0) is 6.05 Å². The average Bonchev–Trinajstić information content (AvgIpc) is 2.04. The molecule has 0 bridgehead atoms. The van der Waals surface area contributed by atoms with Gasteiger partial charge < -0.3 is 11.5 Å². The SMILES string of the molecule is NC(N)=NC(F)(F)c1ccccc1. The van der Waals surface area contributed by atoms with Gasteiger partial charge in [0.1, 0.15) is 0 Å². The molecule has 0 atom stereocenters. The lowest BCUT2D eigenvalue weighted by Gasteiger charge is -2.10. The largest absolute Gasteiger partial charge is 0.372 e. The molecule has 1 aromatic rings. The number of benzene rings is 1. The van der Waals surface area contributed by atoms with Gasteiger partial charge in [0.25, 0.3) is 0 Å². The van der Waals surface area contributed by atoms with Crippen molar-refractivity contribution in [3.05, 3.63) is 35.9 Å². The van der Waals surface area contributed by atoms with Crippen LogP contribution in [0.15, 0.2) is 35.3 Å². The maximum Gasteiger partial charge on any atom is 0.372 e. The van der Waals surface area contributed by atoms with E-state index in [4.69, 9.17) is 11.5 Å². The predicted molar refractivity (Wildman–Crippen MR) is 46.1 cm³/mol. The maximum absolute atomic E-state index is 13.1. The monoisotopic (exact) mass is 185 g/mol. The van der Waals surface area contributed by atoms with Gasteiger partial charge in [0, 0.05) is 5.56 Å². The van der Waals surface area contributed by atoms with Crippen molar-refractivity contribution in [3.63, 3.8) is 0 Å². The predicted octanol–water partition coefficient (Wildman–Crippen LogP) is 1.01. The highest BCUT2D eigenvalue weighted by molar-refractivity contribution is 5.76. The van der Waals surface area contributed by atoms with Crippen LogP contribution in [0, 0.1) is 0 Å². The van der Waals surface area contributed by atoms with Crippen molar-refractivity contribution < 1.29 is 8.78 Å². The number of rotatable bonds is 2. The molecule has 70 valence electrons. The average molecular weight is 185 g/mol. The summed E-state index contributed by atoms with van der Waals surface area (Å²) < 4.78 is 26.1. The molecule has 3 nitrogen and oxygen atoms in total. The summed E-state index contributed by atoms with van der Waals surface area (Å²) in [5, 5.41) is 0. The number of alkyl halides is 2. The van der Waals surface area contributed by atoms with Gasteiger partial charge in [-0.05, 0) is 0 Å². The number of nitrogens with two attached hydrogens (primary N) is 2. The molecule has 1 rings (SSSR count). The van der Waals surface area contributed by atoms with Crippen molar-refractivity contribution in [3.8, 4) is 0 Å². The number of hydrogen-bond acceptors (Lipinski definition) is 1. The highest BCUT2D eigenvalue weighted by Gasteiger charge is 2.30. The third kappa shape index (κ3) is 2.40. The van der Waals surface area contributed by atoms with Crippen molar-refractivity contribution in [2.75, 3.05) is 0 Å². The second kappa shape index (κ2) is 3.38. The van der Waals surface area contributed by atoms with E-state index in [1.165, 1.54) is 24.3 Å². The van der Waals surface area contributed by atoms with E-state index in [0.717, 1.165) is 0 Å². The summed E-state index contributed by atoms with van der Waals surface area (Å²) in [4.78, 5) is 2.82. The maximum atomic E-state index is 13.1. The van der Waals surface area contributed by atoms with Crippen LogP contribution in [0.1, 0.15) is 5.56 Å². The fourth-order valence-corrected chi connectivity index (χ4v) is 0.865. The van der Waals surface area contributed by atoms with E-state index in [0.29, 0.717) is 0 Å². The van der Waals surface area contributed by atoms with Gasteiger partial charge >= 0.3 is 6.05 Å². The Balaban J connectivity index is 3.01. The minimum Gasteiger partial charge on any atom is -0.370 e. The summed E-state index contributed by atoms with van der Waals surface area (Å²) in [5.41, 5.74) is 9.49. The van der Waals surface area contributed by atoms with Crippen molar-refractivity contribution in [2.24, 2.45) is 16.5 Å². The Morgan fingerprint density at radius 1 is 1.15 bits per heavy atom. The number of aliphatic imine (C=N–C) groups is 1. The van der Waals surface area contributed by atoms with Crippen LogP contribution in [0.5, 0.6) is 0 Å². The number of halogens is 2. The van der Waals surface area contributed by atoms with E-state index in [1.807, 2.05) is 0 Å². The lowest BCUT2D eigenvalue weighted by Crippen LogP contribution is -2.27. The molecule has 0 spiro atoms. The third-order valence-electron chi connectivity index (χ3n) is 1.39. The topological polar surface area (TPSA) is 64.4 Å². The minimum absolute atomic E-state index is 0.233. The van der Waals surface area contributed by atoms with E-state index in [9.17, 15) is 8.78 Å². The van der Waals surface area contributed by atoms with Gasteiger partial charge in [0.2, 0.25) is 0 Å². The van der Waals surface area contributed by atoms with Crippen LogP contribution in [0.4, 0.5) is 8.78 Å². The summed E-state index contributed by atoms with van der Waals surface area (Å²) in [5.74, 6) is -0.631. The minimum atomic E-state index is -3.35. The molecule has 0 fully saturated rings. The van der Waals surface area contributed by atoms with E-state index in [1.54, 1.807) is 6.07 Å². The molecule has 0 amide bonds. The summed E-state index contributed by atoms with van der Waals surface area (Å²) in [6.45, 7) is 0. The van der Waals surface area contributed by atoms with Crippen LogP contribution < -0.4 is 11.5 Å². The Morgan fingerprint density at radius 2 is 1.69 bits per heavy atom. The van der Waals surface area contributed by atoms with Gasteiger partial charge in [-0.15, -0.1) is 0 Å². The number of nitrogens with zero attached hydrogens (tertiary/aromatic N) is 1. The van der Waals surface area contributed by atoms with Crippen LogP contribution in [0.2, 0.25) is 0 Å². The lowest BCUT2D eigenvalue weighted by atomic mass is 10.2. The molecular formula is C8H9F2N3. The Hall–Kier alpha value is -1.65. The standard InChI is InChI=1S/C8H9F2N3/c9-8(10,13-7(11)12)6-4-2-1-3-5-6/h1-5H,(H4,11,12,13). The van der Waals surface area contributed by atoms with Gasteiger partial charge in [-0.1, -0.05) is 30.3 Å². The zero-order valence-corrected chi connectivity index (χ0v) is 6.74. The fraction of sp³-hybridized carbons (Fsp3) is 0.125. The number of guanidine groups is 1. The summed E-state index contributed by atoms with van der Waals surface area (Å²) in [6.07, 6.45) is 0. The molecular weight excluding hydrogens is 176 g/mol. The van der Waals surface area contributed by atoms with E-state index in [-0.39, 0.29) is 5.56 Å². The van der Waals surface area contributed by atoms with Crippen molar-refractivity contribution >= 4 is 5.96 Å². The molecule has 0 aromatic heterocycles. The van der Waals surface area contributed by atoms with Gasteiger partial charge in [-0.2, -0.15) is 13.8 Å². The molecule has 0 aliphatic carbocycles. The van der Waals surface area contributed by atoms with E-state index < -0.39 is 12.0 Å². The molecule has 5 heteroatoms. The first-order chi connectivity index (χ1) is 6.02. The van der Waals surface area contributed by atoms with E-state index in [2.05, 4.69) is 4.99 Å². The highest BCUT2D eigenvalue weighted by atomic mass is 19.3. The Labute approximate surface area is 74.1 Å². The zero-order valence-electron chi connectivity index (χ0n) is 6.74. The van der Waals surface area contributed by atoms with Crippen molar-refractivity contribution in [1.29, 1.82) is 0 Å². The van der Waals surface area contributed by atoms with Crippen LogP contribution >= 0.6 is 0 Å². The normalized spacial score (nSPS) is 10.9. The Morgan fingerprint density at radius 3 is 2.15 bits per heavy atom. The van der Waals surface area contributed by atoms with Gasteiger partial charge in [0.15, 0.2) is 5.96 Å².